The molecule has 1 heterocycles. The molecule has 0 saturated carbocycles. The predicted molar refractivity (Wildman–Crippen MR) is 57.2 cm³/mol. The number of hydrogen-bond donors (Lipinski definition) is 1. The third-order valence-electron chi connectivity index (χ3n) is 2.35. The Balaban J connectivity index is 2.57. The first-order valence-electron chi connectivity index (χ1n) is 4.88. The number of esters is 1. The van der Waals surface area contributed by atoms with Gasteiger partial charge in [0.2, 0.25) is 0 Å². The third-order valence-corrected chi connectivity index (χ3v) is 2.35. The lowest BCUT2D eigenvalue weighted by molar-refractivity contribution is -0.140. The van der Waals surface area contributed by atoms with E-state index in [2.05, 4.69) is 9.72 Å². The van der Waals surface area contributed by atoms with Crippen LogP contribution >= 0.6 is 0 Å². The van der Waals surface area contributed by atoms with Crippen LogP contribution in [0, 0.1) is 6.92 Å². The third kappa shape index (κ3) is 3.32. The zero-order valence-corrected chi connectivity index (χ0v) is 9.06. The summed E-state index contributed by atoms with van der Waals surface area (Å²) in [6.45, 7) is 1.96. The van der Waals surface area contributed by atoms with Crippen LogP contribution in [0.3, 0.4) is 0 Å². The molecule has 0 amide bonds. The number of methoxy groups -OCH3 is 1. The first-order chi connectivity index (χ1) is 7.15. The standard InChI is InChI=1S/C11H16N2O2/c1-8-7-13-6-5-9(8)10(12)3-4-11(14)15-2/h5-7,10H,3-4,12H2,1-2H3. The van der Waals surface area contributed by atoms with Crippen molar-refractivity contribution in [3.8, 4) is 0 Å². The second-order valence-electron chi connectivity index (χ2n) is 3.45. The molecular weight excluding hydrogens is 192 g/mol. The normalized spacial score (nSPS) is 12.2. The fraction of sp³-hybridized carbons (Fsp3) is 0.455. The Morgan fingerprint density at radius 2 is 2.40 bits per heavy atom. The molecule has 0 aliphatic heterocycles. The minimum absolute atomic E-state index is 0.132. The smallest absolute Gasteiger partial charge is 0.305 e. The summed E-state index contributed by atoms with van der Waals surface area (Å²) in [4.78, 5) is 14.9. The predicted octanol–water partition coefficient (Wildman–Crippen LogP) is 1.34. The average molecular weight is 208 g/mol. The van der Waals surface area contributed by atoms with Gasteiger partial charge in [0.25, 0.3) is 0 Å². The van der Waals surface area contributed by atoms with E-state index in [1.54, 1.807) is 12.4 Å². The Hall–Kier alpha value is -1.42. The van der Waals surface area contributed by atoms with E-state index in [0.29, 0.717) is 12.8 Å². The zero-order valence-electron chi connectivity index (χ0n) is 9.06. The summed E-state index contributed by atoms with van der Waals surface area (Å²) in [6.07, 6.45) is 4.42. The molecule has 0 aromatic carbocycles. The largest absolute Gasteiger partial charge is 0.469 e. The van der Waals surface area contributed by atoms with Gasteiger partial charge in [-0.3, -0.25) is 9.78 Å². The van der Waals surface area contributed by atoms with Crippen LogP contribution in [0.1, 0.15) is 30.0 Å². The summed E-state index contributed by atoms with van der Waals surface area (Å²) < 4.78 is 4.56. The van der Waals surface area contributed by atoms with Crippen molar-refractivity contribution in [3.05, 3.63) is 29.6 Å². The molecule has 15 heavy (non-hydrogen) atoms. The number of pyridine rings is 1. The fourth-order valence-electron chi connectivity index (χ4n) is 1.43. The van der Waals surface area contributed by atoms with Crippen molar-refractivity contribution in [3.63, 3.8) is 0 Å². The molecule has 1 rings (SSSR count). The molecule has 1 aromatic heterocycles. The maximum Gasteiger partial charge on any atom is 0.305 e. The van der Waals surface area contributed by atoms with Gasteiger partial charge in [-0.25, -0.2) is 0 Å². The molecule has 0 saturated heterocycles. The summed E-state index contributed by atoms with van der Waals surface area (Å²) in [6, 6.07) is 1.75. The lowest BCUT2D eigenvalue weighted by Gasteiger charge is -2.13. The molecule has 2 N–H and O–H groups in total. The van der Waals surface area contributed by atoms with Gasteiger partial charge in [0.15, 0.2) is 0 Å². The van der Waals surface area contributed by atoms with Crippen molar-refractivity contribution in [1.29, 1.82) is 0 Å². The van der Waals surface area contributed by atoms with Crippen LogP contribution in [0.25, 0.3) is 0 Å². The number of aryl methyl sites for hydroxylation is 1. The summed E-state index contributed by atoms with van der Waals surface area (Å²) in [5.74, 6) is -0.225. The van der Waals surface area contributed by atoms with Gasteiger partial charge >= 0.3 is 5.97 Å². The van der Waals surface area contributed by atoms with E-state index >= 15 is 0 Å². The maximum atomic E-state index is 10.9. The number of aromatic nitrogens is 1. The minimum atomic E-state index is -0.225. The van der Waals surface area contributed by atoms with Gasteiger partial charge in [0.05, 0.1) is 7.11 Å². The molecule has 4 heteroatoms. The van der Waals surface area contributed by atoms with Crippen molar-refractivity contribution < 1.29 is 9.53 Å². The molecule has 1 aromatic rings. The van der Waals surface area contributed by atoms with E-state index in [0.717, 1.165) is 11.1 Å². The van der Waals surface area contributed by atoms with Crippen LogP contribution in [0.5, 0.6) is 0 Å². The quantitative estimate of drug-likeness (QED) is 0.758. The molecule has 0 fully saturated rings. The Bertz CT molecular complexity index is 339. The highest BCUT2D eigenvalue weighted by Gasteiger charge is 2.11. The van der Waals surface area contributed by atoms with Gasteiger partial charge in [0, 0.05) is 24.9 Å². The number of nitrogens with two attached hydrogens (primary N) is 1. The number of carbonyl (C=O) groups excluding carboxylic acids is 1. The lowest BCUT2D eigenvalue weighted by atomic mass is 10.0. The van der Waals surface area contributed by atoms with E-state index in [9.17, 15) is 4.79 Å². The molecule has 4 nitrogen and oxygen atoms in total. The highest BCUT2D eigenvalue weighted by atomic mass is 16.5. The number of hydrogen-bond acceptors (Lipinski definition) is 4. The molecule has 0 bridgehead atoms. The first-order valence-corrected chi connectivity index (χ1v) is 4.88. The number of nitrogens with zero attached hydrogens (tertiary/aromatic N) is 1. The maximum absolute atomic E-state index is 10.9. The van der Waals surface area contributed by atoms with Crippen molar-refractivity contribution in [1.82, 2.24) is 4.98 Å². The number of ether oxygens (including phenoxy) is 1. The highest BCUT2D eigenvalue weighted by Crippen LogP contribution is 2.18. The van der Waals surface area contributed by atoms with Crippen LogP contribution in [0.2, 0.25) is 0 Å². The number of carbonyl (C=O) groups is 1. The second kappa shape index (κ2) is 5.46. The lowest BCUT2D eigenvalue weighted by Crippen LogP contribution is -2.14. The monoisotopic (exact) mass is 208 g/mol. The van der Waals surface area contributed by atoms with E-state index in [1.165, 1.54) is 7.11 Å². The summed E-state index contributed by atoms with van der Waals surface area (Å²) in [5.41, 5.74) is 8.05. The van der Waals surface area contributed by atoms with Crippen LogP contribution in [-0.2, 0) is 9.53 Å². The second-order valence-corrected chi connectivity index (χ2v) is 3.45. The summed E-state index contributed by atoms with van der Waals surface area (Å²) in [7, 11) is 1.38. The highest BCUT2D eigenvalue weighted by molar-refractivity contribution is 5.69. The average Bonchev–Trinajstić information content (AvgIpc) is 2.26. The molecule has 0 aliphatic carbocycles. The molecule has 0 radical (unpaired) electrons. The van der Waals surface area contributed by atoms with E-state index in [-0.39, 0.29) is 12.0 Å². The van der Waals surface area contributed by atoms with Crippen LogP contribution < -0.4 is 5.73 Å². The summed E-state index contributed by atoms with van der Waals surface area (Å²) >= 11 is 0. The molecular formula is C11H16N2O2. The van der Waals surface area contributed by atoms with E-state index in [1.807, 2.05) is 13.0 Å². The molecule has 82 valence electrons. The topological polar surface area (TPSA) is 65.2 Å². The van der Waals surface area contributed by atoms with Gasteiger partial charge in [-0.15, -0.1) is 0 Å². The van der Waals surface area contributed by atoms with Gasteiger partial charge < -0.3 is 10.5 Å². The van der Waals surface area contributed by atoms with Gasteiger partial charge in [0.1, 0.15) is 0 Å². The SMILES string of the molecule is COC(=O)CCC(N)c1ccncc1C. The van der Waals surface area contributed by atoms with E-state index < -0.39 is 0 Å². The molecule has 0 aliphatic rings. The van der Waals surface area contributed by atoms with E-state index in [4.69, 9.17) is 5.73 Å². The molecule has 1 atom stereocenters. The fourth-order valence-corrected chi connectivity index (χ4v) is 1.43. The van der Waals surface area contributed by atoms with Crippen LogP contribution in [0.15, 0.2) is 18.5 Å². The van der Waals surface area contributed by atoms with Crippen LogP contribution in [-0.4, -0.2) is 18.1 Å². The molecule has 1 unspecified atom stereocenters. The van der Waals surface area contributed by atoms with Crippen molar-refractivity contribution in [2.24, 2.45) is 5.73 Å². The van der Waals surface area contributed by atoms with Crippen LogP contribution in [0.4, 0.5) is 0 Å². The van der Waals surface area contributed by atoms with Crippen molar-refractivity contribution in [2.75, 3.05) is 7.11 Å². The Morgan fingerprint density at radius 3 is 3.00 bits per heavy atom. The minimum Gasteiger partial charge on any atom is -0.469 e. The van der Waals surface area contributed by atoms with Crippen molar-refractivity contribution in [2.45, 2.75) is 25.8 Å². The Morgan fingerprint density at radius 1 is 1.67 bits per heavy atom. The van der Waals surface area contributed by atoms with Gasteiger partial charge in [-0.1, -0.05) is 0 Å². The number of rotatable bonds is 4. The zero-order chi connectivity index (χ0) is 11.3. The van der Waals surface area contributed by atoms with Gasteiger partial charge in [-0.2, -0.15) is 0 Å². The Labute approximate surface area is 89.5 Å². The summed E-state index contributed by atoms with van der Waals surface area (Å²) in [5, 5.41) is 0. The first kappa shape index (κ1) is 11.7. The Kier molecular flexibility index (Phi) is 4.24. The van der Waals surface area contributed by atoms with Crippen molar-refractivity contribution >= 4 is 5.97 Å². The van der Waals surface area contributed by atoms with Gasteiger partial charge in [-0.05, 0) is 30.5 Å². The molecule has 0 spiro atoms.